The Bertz CT molecular complexity index is 1580. The van der Waals surface area contributed by atoms with Crippen molar-refractivity contribution in [1.29, 1.82) is 0 Å². The molecule has 6 aromatic rings. The Morgan fingerprint density at radius 3 is 1.76 bits per heavy atom. The SMILES string of the molecule is Cc1ccc2cc(-n3c(-c4ccccc4)nc(-c4ccccc4)c3-c3ccccc3)ccc2c1. The lowest BCUT2D eigenvalue weighted by atomic mass is 10.0. The zero-order valence-corrected chi connectivity index (χ0v) is 19.0. The maximum absolute atomic E-state index is 5.26. The van der Waals surface area contributed by atoms with Crippen molar-refractivity contribution in [2.45, 2.75) is 6.92 Å². The van der Waals surface area contributed by atoms with Gasteiger partial charge in [0.25, 0.3) is 0 Å². The van der Waals surface area contributed by atoms with Gasteiger partial charge in [-0.25, -0.2) is 4.98 Å². The van der Waals surface area contributed by atoms with Gasteiger partial charge in [-0.05, 0) is 29.8 Å². The van der Waals surface area contributed by atoms with Crippen LogP contribution in [0.2, 0.25) is 0 Å². The van der Waals surface area contributed by atoms with E-state index in [0.29, 0.717) is 0 Å². The molecule has 0 aliphatic heterocycles. The van der Waals surface area contributed by atoms with Crippen molar-refractivity contribution >= 4 is 10.8 Å². The molecular formula is C32H24N2. The van der Waals surface area contributed by atoms with Gasteiger partial charge in [0, 0.05) is 22.4 Å². The fourth-order valence-corrected chi connectivity index (χ4v) is 4.60. The van der Waals surface area contributed by atoms with Crippen LogP contribution in [0.3, 0.4) is 0 Å². The molecule has 0 unspecified atom stereocenters. The number of rotatable bonds is 4. The number of aromatic nitrogens is 2. The lowest BCUT2D eigenvalue weighted by molar-refractivity contribution is 1.08. The molecule has 1 heterocycles. The lowest BCUT2D eigenvalue weighted by Crippen LogP contribution is -2.00. The molecule has 0 aliphatic rings. The molecule has 2 heteroatoms. The largest absolute Gasteiger partial charge is 0.292 e. The van der Waals surface area contributed by atoms with Crippen LogP contribution in [0.25, 0.3) is 50.4 Å². The smallest absolute Gasteiger partial charge is 0.145 e. The summed E-state index contributed by atoms with van der Waals surface area (Å²) in [6.45, 7) is 2.14. The van der Waals surface area contributed by atoms with Crippen LogP contribution in [0.4, 0.5) is 0 Å². The molecule has 34 heavy (non-hydrogen) atoms. The summed E-state index contributed by atoms with van der Waals surface area (Å²) >= 11 is 0. The van der Waals surface area contributed by atoms with Crippen LogP contribution < -0.4 is 0 Å². The minimum absolute atomic E-state index is 0.935. The van der Waals surface area contributed by atoms with Crippen molar-refractivity contribution in [3.05, 3.63) is 133 Å². The molecule has 0 N–H and O–H groups in total. The summed E-state index contributed by atoms with van der Waals surface area (Å²) in [6.07, 6.45) is 0. The zero-order chi connectivity index (χ0) is 22.9. The maximum atomic E-state index is 5.26. The molecule has 2 nitrogen and oxygen atoms in total. The molecule has 0 amide bonds. The molecule has 0 saturated carbocycles. The van der Waals surface area contributed by atoms with E-state index in [-0.39, 0.29) is 0 Å². The molecular weight excluding hydrogens is 412 g/mol. The summed E-state index contributed by atoms with van der Waals surface area (Å²) in [5.74, 6) is 0.935. The Kier molecular flexibility index (Phi) is 5.04. The number of fused-ring (bicyclic) bond motifs is 1. The molecule has 0 fully saturated rings. The van der Waals surface area contributed by atoms with Gasteiger partial charge >= 0.3 is 0 Å². The van der Waals surface area contributed by atoms with Gasteiger partial charge in [0.05, 0.1) is 11.4 Å². The van der Waals surface area contributed by atoms with E-state index in [2.05, 4.69) is 127 Å². The van der Waals surface area contributed by atoms with E-state index < -0.39 is 0 Å². The maximum Gasteiger partial charge on any atom is 0.145 e. The highest BCUT2D eigenvalue weighted by atomic mass is 15.1. The Morgan fingerprint density at radius 1 is 0.529 bits per heavy atom. The quantitative estimate of drug-likeness (QED) is 0.271. The number of nitrogens with zero attached hydrogens (tertiary/aromatic N) is 2. The third-order valence-electron chi connectivity index (χ3n) is 6.24. The average Bonchev–Trinajstić information content (AvgIpc) is 3.31. The highest BCUT2D eigenvalue weighted by molar-refractivity contribution is 5.88. The van der Waals surface area contributed by atoms with Gasteiger partial charge < -0.3 is 0 Å². The van der Waals surface area contributed by atoms with Gasteiger partial charge in [-0.1, -0.05) is 121 Å². The Balaban J connectivity index is 1.71. The van der Waals surface area contributed by atoms with E-state index in [4.69, 9.17) is 4.98 Å². The molecule has 6 rings (SSSR count). The van der Waals surface area contributed by atoms with Crippen molar-refractivity contribution in [3.8, 4) is 39.6 Å². The first-order valence-electron chi connectivity index (χ1n) is 11.6. The highest BCUT2D eigenvalue weighted by Gasteiger charge is 2.22. The number of hydrogen-bond donors (Lipinski definition) is 0. The van der Waals surface area contributed by atoms with Gasteiger partial charge in [0.1, 0.15) is 5.82 Å². The van der Waals surface area contributed by atoms with Crippen molar-refractivity contribution in [3.63, 3.8) is 0 Å². The first-order valence-corrected chi connectivity index (χ1v) is 11.6. The standard InChI is InChI=1S/C32H24N2/c1-23-17-18-28-22-29(20-19-27(28)21-23)34-31(25-13-7-3-8-14-25)30(24-11-5-2-6-12-24)33-32(34)26-15-9-4-10-16-26/h2-22H,1H3. The van der Waals surface area contributed by atoms with Gasteiger partial charge in [-0.15, -0.1) is 0 Å². The zero-order valence-electron chi connectivity index (χ0n) is 19.0. The van der Waals surface area contributed by atoms with E-state index in [1.807, 2.05) is 12.1 Å². The van der Waals surface area contributed by atoms with E-state index in [1.165, 1.54) is 16.3 Å². The summed E-state index contributed by atoms with van der Waals surface area (Å²) in [7, 11) is 0. The van der Waals surface area contributed by atoms with Gasteiger partial charge in [0.15, 0.2) is 0 Å². The number of benzene rings is 5. The van der Waals surface area contributed by atoms with Crippen molar-refractivity contribution in [2.75, 3.05) is 0 Å². The second-order valence-electron chi connectivity index (χ2n) is 8.60. The third kappa shape index (κ3) is 3.60. The second kappa shape index (κ2) is 8.49. The summed E-state index contributed by atoms with van der Waals surface area (Å²) < 4.78 is 2.31. The Labute approximate surface area is 199 Å². The van der Waals surface area contributed by atoms with Gasteiger partial charge in [-0.2, -0.15) is 0 Å². The third-order valence-corrected chi connectivity index (χ3v) is 6.24. The Hall–Kier alpha value is -4.43. The average molecular weight is 437 g/mol. The summed E-state index contributed by atoms with van der Waals surface area (Å²) in [6, 6.07) is 44.8. The van der Waals surface area contributed by atoms with Crippen LogP contribution in [0.15, 0.2) is 127 Å². The summed E-state index contributed by atoms with van der Waals surface area (Å²) in [4.78, 5) is 5.26. The van der Waals surface area contributed by atoms with E-state index in [0.717, 1.165) is 39.6 Å². The van der Waals surface area contributed by atoms with Crippen LogP contribution in [-0.2, 0) is 0 Å². The second-order valence-corrected chi connectivity index (χ2v) is 8.60. The van der Waals surface area contributed by atoms with E-state index in [1.54, 1.807) is 0 Å². The molecule has 5 aromatic carbocycles. The first-order chi connectivity index (χ1) is 16.8. The highest BCUT2D eigenvalue weighted by Crippen LogP contribution is 2.39. The van der Waals surface area contributed by atoms with E-state index in [9.17, 15) is 0 Å². The predicted molar refractivity (Wildman–Crippen MR) is 142 cm³/mol. The predicted octanol–water partition coefficient (Wildman–Crippen LogP) is 8.33. The number of imidazole rings is 1. The molecule has 1 aromatic heterocycles. The monoisotopic (exact) mass is 436 g/mol. The van der Waals surface area contributed by atoms with Crippen LogP contribution in [-0.4, -0.2) is 9.55 Å². The van der Waals surface area contributed by atoms with E-state index >= 15 is 0 Å². The Morgan fingerprint density at radius 2 is 1.09 bits per heavy atom. The molecule has 0 saturated heterocycles. The molecule has 0 spiro atoms. The van der Waals surface area contributed by atoms with Crippen LogP contribution in [0, 0.1) is 6.92 Å². The minimum Gasteiger partial charge on any atom is -0.292 e. The molecule has 0 atom stereocenters. The van der Waals surface area contributed by atoms with Crippen molar-refractivity contribution in [2.24, 2.45) is 0 Å². The normalized spacial score (nSPS) is 11.1. The lowest BCUT2D eigenvalue weighted by Gasteiger charge is -2.15. The molecule has 0 aliphatic carbocycles. The van der Waals surface area contributed by atoms with Crippen LogP contribution in [0.1, 0.15) is 5.56 Å². The van der Waals surface area contributed by atoms with Crippen LogP contribution in [0.5, 0.6) is 0 Å². The van der Waals surface area contributed by atoms with Crippen molar-refractivity contribution in [1.82, 2.24) is 9.55 Å². The number of hydrogen-bond acceptors (Lipinski definition) is 1. The number of aryl methyl sites for hydroxylation is 1. The molecule has 0 bridgehead atoms. The fourth-order valence-electron chi connectivity index (χ4n) is 4.60. The van der Waals surface area contributed by atoms with Gasteiger partial charge in [-0.3, -0.25) is 4.57 Å². The summed E-state index contributed by atoms with van der Waals surface area (Å²) in [5.41, 5.74) is 7.78. The van der Waals surface area contributed by atoms with Crippen molar-refractivity contribution < 1.29 is 0 Å². The molecule has 162 valence electrons. The molecule has 0 radical (unpaired) electrons. The van der Waals surface area contributed by atoms with Gasteiger partial charge in [0.2, 0.25) is 0 Å². The topological polar surface area (TPSA) is 17.8 Å². The minimum atomic E-state index is 0.935. The fraction of sp³-hybridized carbons (Fsp3) is 0.0312. The summed E-state index contributed by atoms with van der Waals surface area (Å²) in [5, 5.41) is 2.46. The van der Waals surface area contributed by atoms with Crippen LogP contribution >= 0.6 is 0 Å². The first kappa shape index (κ1) is 20.2.